The van der Waals surface area contributed by atoms with E-state index in [0.717, 1.165) is 6.07 Å². The van der Waals surface area contributed by atoms with Gasteiger partial charge in [-0.2, -0.15) is 0 Å². The molecule has 0 aliphatic rings. The van der Waals surface area contributed by atoms with Crippen LogP contribution in [0.15, 0.2) is 18.2 Å². The summed E-state index contributed by atoms with van der Waals surface area (Å²) in [4.78, 5) is 1.84. The first-order valence-electron chi connectivity index (χ1n) is 4.79. The van der Waals surface area contributed by atoms with Crippen LogP contribution >= 0.6 is 0 Å². The van der Waals surface area contributed by atoms with Gasteiger partial charge in [-0.1, -0.05) is 6.07 Å². The fourth-order valence-corrected chi connectivity index (χ4v) is 1.47. The Bertz CT molecular complexity index is 328. The number of likely N-dealkylation sites (N-methyl/N-ethyl adjacent to an activating group) is 1. The number of rotatable bonds is 4. The molecule has 1 aromatic rings. The zero-order valence-corrected chi connectivity index (χ0v) is 8.87. The Morgan fingerprint density at radius 1 is 1.33 bits per heavy atom. The topological polar surface area (TPSA) is 23.5 Å². The molecule has 1 aromatic carbocycles. The highest BCUT2D eigenvalue weighted by Gasteiger charge is 2.06. The fraction of sp³-hybridized carbons (Fsp3) is 0.455. The van der Waals surface area contributed by atoms with Gasteiger partial charge in [-0.25, -0.2) is 8.78 Å². The summed E-state index contributed by atoms with van der Waals surface area (Å²) in [7, 11) is 1.81. The number of aliphatic hydroxyl groups is 1. The highest BCUT2D eigenvalue weighted by atomic mass is 19.2. The summed E-state index contributed by atoms with van der Waals surface area (Å²) in [6.45, 7) is 2.67. The molecule has 0 aromatic heterocycles. The third kappa shape index (κ3) is 3.93. The first kappa shape index (κ1) is 12.1. The van der Waals surface area contributed by atoms with E-state index < -0.39 is 17.7 Å². The second-order valence-corrected chi connectivity index (χ2v) is 3.79. The average molecular weight is 215 g/mol. The van der Waals surface area contributed by atoms with Crippen LogP contribution in [0.25, 0.3) is 0 Å². The standard InChI is InChI=1S/C11H15F2NO/c1-8(15)6-14(2)7-9-3-4-10(12)11(13)5-9/h3-5,8,15H,6-7H2,1-2H3. The molecule has 2 nitrogen and oxygen atoms in total. The van der Waals surface area contributed by atoms with Crippen molar-refractivity contribution in [1.29, 1.82) is 0 Å². The van der Waals surface area contributed by atoms with Gasteiger partial charge in [-0.3, -0.25) is 4.90 Å². The van der Waals surface area contributed by atoms with E-state index in [1.807, 2.05) is 11.9 Å². The molecule has 1 unspecified atom stereocenters. The monoisotopic (exact) mass is 215 g/mol. The zero-order valence-electron chi connectivity index (χ0n) is 8.87. The molecule has 1 rings (SSSR count). The van der Waals surface area contributed by atoms with Gasteiger partial charge in [-0.05, 0) is 31.7 Å². The Balaban J connectivity index is 2.60. The van der Waals surface area contributed by atoms with E-state index in [9.17, 15) is 8.78 Å². The maximum Gasteiger partial charge on any atom is 0.159 e. The van der Waals surface area contributed by atoms with Gasteiger partial charge in [0, 0.05) is 13.1 Å². The minimum absolute atomic E-state index is 0.430. The van der Waals surface area contributed by atoms with Crippen LogP contribution in [0, 0.1) is 11.6 Å². The summed E-state index contributed by atoms with van der Waals surface area (Å²) in [6.07, 6.45) is -0.430. The van der Waals surface area contributed by atoms with E-state index in [-0.39, 0.29) is 0 Å². The molecule has 0 spiro atoms. The molecular formula is C11H15F2NO. The smallest absolute Gasteiger partial charge is 0.159 e. The van der Waals surface area contributed by atoms with E-state index in [4.69, 9.17) is 5.11 Å². The van der Waals surface area contributed by atoms with Crippen molar-refractivity contribution in [1.82, 2.24) is 4.90 Å². The lowest BCUT2D eigenvalue weighted by atomic mass is 10.2. The van der Waals surface area contributed by atoms with Crippen molar-refractivity contribution in [2.45, 2.75) is 19.6 Å². The molecular weight excluding hydrogens is 200 g/mol. The molecule has 0 aliphatic heterocycles. The summed E-state index contributed by atoms with van der Waals surface area (Å²) in [6, 6.07) is 3.83. The van der Waals surface area contributed by atoms with Crippen molar-refractivity contribution in [3.8, 4) is 0 Å². The van der Waals surface area contributed by atoms with Crippen LogP contribution in [-0.2, 0) is 6.54 Å². The minimum Gasteiger partial charge on any atom is -0.392 e. The minimum atomic E-state index is -0.836. The average Bonchev–Trinajstić information content (AvgIpc) is 2.10. The number of aliphatic hydroxyl groups excluding tert-OH is 1. The Kier molecular flexibility index (Phi) is 4.17. The van der Waals surface area contributed by atoms with E-state index in [2.05, 4.69) is 0 Å². The molecule has 0 heterocycles. The van der Waals surface area contributed by atoms with Gasteiger partial charge >= 0.3 is 0 Å². The Morgan fingerprint density at radius 2 is 2.00 bits per heavy atom. The first-order valence-corrected chi connectivity index (χ1v) is 4.79. The van der Waals surface area contributed by atoms with Crippen LogP contribution in [0.4, 0.5) is 8.78 Å². The van der Waals surface area contributed by atoms with Gasteiger partial charge in [0.15, 0.2) is 11.6 Å². The Morgan fingerprint density at radius 3 is 2.53 bits per heavy atom. The SMILES string of the molecule is CC(O)CN(C)Cc1ccc(F)c(F)c1. The van der Waals surface area contributed by atoms with Crippen molar-refractivity contribution in [2.24, 2.45) is 0 Å². The Labute approximate surface area is 88.1 Å². The molecule has 15 heavy (non-hydrogen) atoms. The van der Waals surface area contributed by atoms with Crippen molar-refractivity contribution < 1.29 is 13.9 Å². The number of nitrogens with zero attached hydrogens (tertiary/aromatic N) is 1. The summed E-state index contributed by atoms with van der Waals surface area (Å²) in [5, 5.41) is 9.12. The van der Waals surface area contributed by atoms with E-state index in [0.29, 0.717) is 18.7 Å². The van der Waals surface area contributed by atoms with E-state index in [1.54, 1.807) is 6.92 Å². The third-order valence-corrected chi connectivity index (χ3v) is 2.01. The van der Waals surface area contributed by atoms with E-state index in [1.165, 1.54) is 12.1 Å². The normalized spacial score (nSPS) is 13.2. The van der Waals surface area contributed by atoms with Gasteiger partial charge in [0.05, 0.1) is 6.10 Å². The third-order valence-electron chi connectivity index (χ3n) is 2.01. The van der Waals surface area contributed by atoms with Crippen LogP contribution in [0.3, 0.4) is 0 Å². The lowest BCUT2D eigenvalue weighted by Gasteiger charge is -2.18. The van der Waals surface area contributed by atoms with Gasteiger partial charge in [0.25, 0.3) is 0 Å². The lowest BCUT2D eigenvalue weighted by Crippen LogP contribution is -2.26. The molecule has 0 fully saturated rings. The van der Waals surface area contributed by atoms with Gasteiger partial charge in [-0.15, -0.1) is 0 Å². The molecule has 0 radical (unpaired) electrons. The van der Waals surface area contributed by atoms with Crippen molar-refractivity contribution >= 4 is 0 Å². The van der Waals surface area contributed by atoms with Crippen LogP contribution < -0.4 is 0 Å². The molecule has 1 N–H and O–H groups in total. The van der Waals surface area contributed by atoms with Crippen molar-refractivity contribution in [2.75, 3.05) is 13.6 Å². The number of benzene rings is 1. The number of hydrogen-bond acceptors (Lipinski definition) is 2. The lowest BCUT2D eigenvalue weighted by molar-refractivity contribution is 0.138. The highest BCUT2D eigenvalue weighted by molar-refractivity contribution is 5.17. The molecule has 0 aliphatic carbocycles. The molecule has 84 valence electrons. The summed E-state index contributed by atoms with van der Waals surface area (Å²) in [5.74, 6) is -1.67. The maximum absolute atomic E-state index is 12.8. The first-order chi connectivity index (χ1) is 6.99. The van der Waals surface area contributed by atoms with Crippen LogP contribution in [0.2, 0.25) is 0 Å². The van der Waals surface area contributed by atoms with Crippen LogP contribution in [-0.4, -0.2) is 29.7 Å². The van der Waals surface area contributed by atoms with Crippen molar-refractivity contribution in [3.05, 3.63) is 35.4 Å². The molecule has 0 saturated carbocycles. The van der Waals surface area contributed by atoms with Crippen molar-refractivity contribution in [3.63, 3.8) is 0 Å². The maximum atomic E-state index is 12.8. The second-order valence-electron chi connectivity index (χ2n) is 3.79. The van der Waals surface area contributed by atoms with Gasteiger partial charge in [0.2, 0.25) is 0 Å². The van der Waals surface area contributed by atoms with E-state index >= 15 is 0 Å². The summed E-state index contributed by atoms with van der Waals surface area (Å²) < 4.78 is 25.5. The zero-order chi connectivity index (χ0) is 11.4. The van der Waals surface area contributed by atoms with Crippen LogP contribution in [0.5, 0.6) is 0 Å². The summed E-state index contributed by atoms with van der Waals surface area (Å²) >= 11 is 0. The summed E-state index contributed by atoms with van der Waals surface area (Å²) in [5.41, 5.74) is 0.692. The molecule has 0 amide bonds. The predicted molar refractivity (Wildman–Crippen MR) is 54.4 cm³/mol. The van der Waals surface area contributed by atoms with Gasteiger partial charge < -0.3 is 5.11 Å². The molecule has 4 heteroatoms. The second kappa shape index (κ2) is 5.19. The fourth-order valence-electron chi connectivity index (χ4n) is 1.47. The largest absolute Gasteiger partial charge is 0.392 e. The molecule has 0 saturated heterocycles. The van der Waals surface area contributed by atoms with Gasteiger partial charge in [0.1, 0.15) is 0 Å². The Hall–Kier alpha value is -1.00. The van der Waals surface area contributed by atoms with Crippen LogP contribution in [0.1, 0.15) is 12.5 Å². The molecule has 0 bridgehead atoms. The number of hydrogen-bond donors (Lipinski definition) is 1. The number of halogens is 2. The predicted octanol–water partition coefficient (Wildman–Crippen LogP) is 1.78. The highest BCUT2D eigenvalue weighted by Crippen LogP contribution is 2.10. The molecule has 1 atom stereocenters. The quantitative estimate of drug-likeness (QED) is 0.827.